The summed E-state index contributed by atoms with van der Waals surface area (Å²) < 4.78 is 29.6. The molecule has 3 aromatic rings. The number of oxazole rings is 1. The summed E-state index contributed by atoms with van der Waals surface area (Å²) >= 11 is 1.16. The summed E-state index contributed by atoms with van der Waals surface area (Å²) in [6.45, 7) is 5.83. The summed E-state index contributed by atoms with van der Waals surface area (Å²) in [5.41, 5.74) is 2.90. The summed E-state index contributed by atoms with van der Waals surface area (Å²) in [7, 11) is -3.30. The number of carbonyl (C=O) groups excluding carboxylic acids is 1. The lowest BCUT2D eigenvalue weighted by Gasteiger charge is -2.07. The van der Waals surface area contributed by atoms with Crippen molar-refractivity contribution in [3.63, 3.8) is 0 Å². The number of benzene rings is 2. The molecule has 0 saturated heterocycles. The second kappa shape index (κ2) is 8.36. The largest absolute Gasteiger partial charge is 0.431 e. The normalized spacial score (nSPS) is 11.9. The van der Waals surface area contributed by atoms with Gasteiger partial charge in [0.2, 0.25) is 5.91 Å². The Balaban J connectivity index is 1.63. The summed E-state index contributed by atoms with van der Waals surface area (Å²) in [5.74, 6) is 0.431. The zero-order chi connectivity index (χ0) is 20.3. The minimum absolute atomic E-state index is 0.0241. The molecule has 3 rings (SSSR count). The lowest BCUT2D eigenvalue weighted by molar-refractivity contribution is -0.113. The Labute approximate surface area is 168 Å². The molecule has 0 atom stereocenters. The molecule has 0 aliphatic rings. The molecule has 6 nitrogen and oxygen atoms in total. The molecule has 0 spiro atoms. The summed E-state index contributed by atoms with van der Waals surface area (Å²) in [6.07, 6.45) is 0. The number of sulfone groups is 1. The van der Waals surface area contributed by atoms with Crippen LogP contribution < -0.4 is 5.32 Å². The van der Waals surface area contributed by atoms with Gasteiger partial charge in [0.15, 0.2) is 15.4 Å². The first-order valence-electron chi connectivity index (χ1n) is 8.94. The van der Waals surface area contributed by atoms with Crippen molar-refractivity contribution in [2.75, 3.05) is 16.8 Å². The molecule has 0 unspecified atom stereocenters. The second-order valence-electron chi connectivity index (χ2n) is 6.63. The number of hydrogen-bond acceptors (Lipinski definition) is 6. The number of nitrogens with zero attached hydrogens (tertiary/aromatic N) is 1. The van der Waals surface area contributed by atoms with E-state index in [4.69, 9.17) is 4.42 Å². The fourth-order valence-corrected chi connectivity index (χ4v) is 4.12. The average molecular weight is 419 g/mol. The molecular formula is C20H22N2O4S2. The highest BCUT2D eigenvalue weighted by Gasteiger charge is 2.15. The number of hydrogen-bond donors (Lipinski definition) is 1. The monoisotopic (exact) mass is 418 g/mol. The Hall–Kier alpha value is -2.32. The van der Waals surface area contributed by atoms with Crippen LogP contribution in [0.2, 0.25) is 0 Å². The molecule has 1 aromatic heterocycles. The SMILES string of the molecule is CCS(=O)(=O)c1ccc2oc(SCC(=O)Nc3ccc(C(C)C)cc3)nc2c1. The average Bonchev–Trinajstić information content (AvgIpc) is 3.09. The van der Waals surface area contributed by atoms with Crippen LogP contribution in [0.1, 0.15) is 32.3 Å². The predicted octanol–water partition coefficient (Wildman–Crippen LogP) is 4.48. The Kier molecular flexibility index (Phi) is 6.10. The third kappa shape index (κ3) is 4.74. The highest BCUT2D eigenvalue weighted by molar-refractivity contribution is 7.99. The zero-order valence-corrected chi connectivity index (χ0v) is 17.6. The maximum atomic E-state index is 12.2. The van der Waals surface area contributed by atoms with Crippen LogP contribution in [0.3, 0.4) is 0 Å². The van der Waals surface area contributed by atoms with Crippen molar-refractivity contribution in [3.05, 3.63) is 48.0 Å². The van der Waals surface area contributed by atoms with E-state index in [0.717, 1.165) is 17.4 Å². The molecule has 0 fully saturated rings. The van der Waals surface area contributed by atoms with Gasteiger partial charge in [-0.3, -0.25) is 4.79 Å². The van der Waals surface area contributed by atoms with E-state index in [-0.39, 0.29) is 22.3 Å². The lowest BCUT2D eigenvalue weighted by Crippen LogP contribution is -2.13. The van der Waals surface area contributed by atoms with Gasteiger partial charge < -0.3 is 9.73 Å². The molecule has 0 saturated carbocycles. The first-order chi connectivity index (χ1) is 13.3. The first-order valence-corrected chi connectivity index (χ1v) is 11.6. The molecule has 0 bridgehead atoms. The highest BCUT2D eigenvalue weighted by atomic mass is 32.2. The van der Waals surface area contributed by atoms with Crippen LogP contribution in [0.25, 0.3) is 11.1 Å². The Bertz CT molecular complexity index is 1090. The van der Waals surface area contributed by atoms with E-state index in [0.29, 0.717) is 22.2 Å². The van der Waals surface area contributed by atoms with E-state index in [1.165, 1.54) is 17.7 Å². The zero-order valence-electron chi connectivity index (χ0n) is 15.9. The van der Waals surface area contributed by atoms with Crippen LogP contribution in [0.5, 0.6) is 0 Å². The molecule has 2 aromatic carbocycles. The topological polar surface area (TPSA) is 89.3 Å². The summed E-state index contributed by atoms with van der Waals surface area (Å²) in [4.78, 5) is 16.7. The third-order valence-corrected chi connectivity index (χ3v) is 6.83. The van der Waals surface area contributed by atoms with Crippen LogP contribution in [-0.4, -0.2) is 30.8 Å². The second-order valence-corrected chi connectivity index (χ2v) is 9.83. The Morgan fingerprint density at radius 3 is 2.54 bits per heavy atom. The van der Waals surface area contributed by atoms with Crippen LogP contribution in [-0.2, 0) is 14.6 Å². The van der Waals surface area contributed by atoms with Crippen LogP contribution >= 0.6 is 11.8 Å². The van der Waals surface area contributed by atoms with Crippen molar-refractivity contribution in [1.82, 2.24) is 4.98 Å². The molecule has 0 radical (unpaired) electrons. The maximum absolute atomic E-state index is 12.2. The number of carbonyl (C=O) groups is 1. The van der Waals surface area contributed by atoms with Gasteiger partial charge in [-0.1, -0.05) is 44.7 Å². The van der Waals surface area contributed by atoms with Crippen LogP contribution in [0.4, 0.5) is 5.69 Å². The van der Waals surface area contributed by atoms with E-state index in [2.05, 4.69) is 24.1 Å². The summed E-state index contributed by atoms with van der Waals surface area (Å²) in [6, 6.07) is 12.4. The van der Waals surface area contributed by atoms with Crippen LogP contribution in [0.15, 0.2) is 57.0 Å². The van der Waals surface area contributed by atoms with Crippen molar-refractivity contribution >= 4 is 44.3 Å². The van der Waals surface area contributed by atoms with E-state index in [1.807, 2.05) is 24.3 Å². The number of fused-ring (bicyclic) bond motifs is 1. The van der Waals surface area contributed by atoms with E-state index in [1.54, 1.807) is 13.0 Å². The number of nitrogens with one attached hydrogen (secondary N) is 1. The van der Waals surface area contributed by atoms with Crippen molar-refractivity contribution in [2.45, 2.75) is 36.8 Å². The third-order valence-electron chi connectivity index (χ3n) is 4.27. The molecule has 0 aliphatic heterocycles. The smallest absolute Gasteiger partial charge is 0.257 e. The van der Waals surface area contributed by atoms with Gasteiger partial charge in [0.1, 0.15) is 5.52 Å². The van der Waals surface area contributed by atoms with Gasteiger partial charge in [0.05, 0.1) is 16.4 Å². The Morgan fingerprint density at radius 1 is 1.18 bits per heavy atom. The molecular weight excluding hydrogens is 396 g/mol. The lowest BCUT2D eigenvalue weighted by atomic mass is 10.0. The molecule has 148 valence electrons. The van der Waals surface area contributed by atoms with Gasteiger partial charge in [-0.2, -0.15) is 0 Å². The fourth-order valence-electron chi connectivity index (χ4n) is 2.58. The minimum Gasteiger partial charge on any atom is -0.431 e. The molecule has 1 N–H and O–H groups in total. The van der Waals surface area contributed by atoms with Gasteiger partial charge in [0.25, 0.3) is 5.22 Å². The van der Waals surface area contributed by atoms with Gasteiger partial charge in [-0.15, -0.1) is 0 Å². The number of anilines is 1. The minimum atomic E-state index is -3.30. The van der Waals surface area contributed by atoms with Gasteiger partial charge >= 0.3 is 0 Å². The maximum Gasteiger partial charge on any atom is 0.257 e. The molecule has 8 heteroatoms. The van der Waals surface area contributed by atoms with E-state index >= 15 is 0 Å². The number of rotatable bonds is 7. The first kappa shape index (κ1) is 20.4. The van der Waals surface area contributed by atoms with E-state index < -0.39 is 9.84 Å². The standard InChI is InChI=1S/C20H22N2O4S2/c1-4-28(24,25)16-9-10-18-17(11-16)22-20(26-18)27-12-19(23)21-15-7-5-14(6-8-15)13(2)3/h5-11,13H,4,12H2,1-3H3,(H,21,23). The number of thioether (sulfide) groups is 1. The number of amides is 1. The van der Waals surface area contributed by atoms with E-state index in [9.17, 15) is 13.2 Å². The summed E-state index contributed by atoms with van der Waals surface area (Å²) in [5, 5.41) is 3.17. The highest BCUT2D eigenvalue weighted by Crippen LogP contribution is 2.26. The fraction of sp³-hybridized carbons (Fsp3) is 0.300. The molecule has 1 amide bonds. The van der Waals surface area contributed by atoms with Crippen molar-refractivity contribution < 1.29 is 17.6 Å². The van der Waals surface area contributed by atoms with Crippen LogP contribution in [0, 0.1) is 0 Å². The van der Waals surface area contributed by atoms with Crippen molar-refractivity contribution in [1.29, 1.82) is 0 Å². The quantitative estimate of drug-likeness (QED) is 0.569. The number of aromatic nitrogens is 1. The van der Waals surface area contributed by atoms with Gasteiger partial charge in [0, 0.05) is 5.69 Å². The molecule has 28 heavy (non-hydrogen) atoms. The van der Waals surface area contributed by atoms with Crippen molar-refractivity contribution in [3.8, 4) is 0 Å². The molecule has 0 aliphatic carbocycles. The molecule has 1 heterocycles. The van der Waals surface area contributed by atoms with Crippen molar-refractivity contribution in [2.24, 2.45) is 0 Å². The predicted molar refractivity (Wildman–Crippen MR) is 112 cm³/mol. The van der Waals surface area contributed by atoms with Gasteiger partial charge in [-0.05, 0) is 41.8 Å². The Morgan fingerprint density at radius 2 is 1.89 bits per heavy atom. The van der Waals surface area contributed by atoms with Gasteiger partial charge in [-0.25, -0.2) is 13.4 Å².